The summed E-state index contributed by atoms with van der Waals surface area (Å²) >= 11 is 0. The Hall–Kier alpha value is -3.42. The first kappa shape index (κ1) is 19.9. The Kier molecular flexibility index (Phi) is 5.15. The van der Waals surface area contributed by atoms with Crippen molar-refractivity contribution in [3.05, 3.63) is 78.1 Å². The van der Waals surface area contributed by atoms with Gasteiger partial charge in [0.2, 0.25) is 5.67 Å². The van der Waals surface area contributed by atoms with Crippen LogP contribution in [-0.2, 0) is 9.53 Å². The molecule has 0 N–H and O–H groups in total. The van der Waals surface area contributed by atoms with Crippen LogP contribution in [0.1, 0.15) is 23.0 Å². The number of alkyl halides is 3. The number of esters is 1. The van der Waals surface area contributed by atoms with E-state index in [4.69, 9.17) is 4.74 Å². The van der Waals surface area contributed by atoms with Crippen LogP contribution < -0.4 is 4.74 Å². The molecule has 1 fully saturated rings. The Morgan fingerprint density at radius 2 is 1.53 bits per heavy atom. The van der Waals surface area contributed by atoms with Gasteiger partial charge in [-0.3, -0.25) is 0 Å². The number of hydrogen-bond donors (Lipinski definition) is 0. The summed E-state index contributed by atoms with van der Waals surface area (Å²) < 4.78 is 49.0. The number of nitrogens with zero attached hydrogens (tertiary/aromatic N) is 2. The van der Waals surface area contributed by atoms with Crippen LogP contribution in [0.3, 0.4) is 0 Å². The van der Waals surface area contributed by atoms with E-state index in [1.165, 1.54) is 7.11 Å². The quantitative estimate of drug-likeness (QED) is 0.556. The molecule has 3 unspecified atom stereocenters. The number of rotatable bonds is 6. The molecule has 3 aromatic rings. The molecule has 154 valence electrons. The molecule has 3 atom stereocenters. The van der Waals surface area contributed by atoms with Gasteiger partial charge in [0.25, 0.3) is 0 Å². The van der Waals surface area contributed by atoms with Gasteiger partial charge in [-0.05, 0) is 11.1 Å². The molecule has 0 amide bonds. The molecule has 1 saturated carbocycles. The third-order valence-electron chi connectivity index (χ3n) is 5.17. The average Bonchev–Trinajstić information content (AvgIpc) is 3.41. The Labute approximate surface area is 170 Å². The maximum absolute atomic E-state index is 15.6. The van der Waals surface area contributed by atoms with Gasteiger partial charge in [-0.2, -0.15) is 8.78 Å². The Morgan fingerprint density at radius 3 is 2.07 bits per heavy atom. The molecule has 5 nitrogen and oxygen atoms in total. The average molecular weight is 414 g/mol. The summed E-state index contributed by atoms with van der Waals surface area (Å²) in [6.45, 7) is -2.95. The molecule has 30 heavy (non-hydrogen) atoms. The van der Waals surface area contributed by atoms with Crippen LogP contribution in [-0.4, -0.2) is 35.3 Å². The van der Waals surface area contributed by atoms with Crippen LogP contribution >= 0.6 is 0 Å². The topological polar surface area (TPSA) is 61.3 Å². The molecule has 0 spiro atoms. The van der Waals surface area contributed by atoms with Gasteiger partial charge in [-0.1, -0.05) is 54.6 Å². The second-order valence-electron chi connectivity index (χ2n) is 6.87. The zero-order valence-corrected chi connectivity index (χ0v) is 15.8. The van der Waals surface area contributed by atoms with Crippen LogP contribution in [0.25, 0.3) is 11.4 Å². The van der Waals surface area contributed by atoms with Crippen molar-refractivity contribution in [2.24, 2.45) is 0 Å². The zero-order chi connectivity index (χ0) is 21.3. The second-order valence-corrected chi connectivity index (χ2v) is 6.87. The van der Waals surface area contributed by atoms with Crippen LogP contribution in [0, 0.1) is 0 Å². The van der Waals surface area contributed by atoms with E-state index in [1.54, 1.807) is 48.5 Å². The van der Waals surface area contributed by atoms with E-state index in [0.29, 0.717) is 17.0 Å². The molecular formula is C22H17F3N2O3. The van der Waals surface area contributed by atoms with Gasteiger partial charge in [-0.25, -0.2) is 19.2 Å². The van der Waals surface area contributed by atoms with Crippen molar-refractivity contribution in [1.82, 2.24) is 9.97 Å². The van der Waals surface area contributed by atoms with Gasteiger partial charge >= 0.3 is 12.6 Å². The maximum atomic E-state index is 15.6. The standard InChI is InChI=1S/C22H17F3N2O3/c1-29-20(28)22(25)17(13-5-3-2-4-6-13)18(22)14-7-9-15(10-8-14)19-26-11-16(12-27-19)30-21(23)24/h2-12,17-18,21H,1H3. The monoisotopic (exact) mass is 414 g/mol. The van der Waals surface area contributed by atoms with Crippen LogP contribution in [0.4, 0.5) is 13.2 Å². The molecule has 0 saturated heterocycles. The van der Waals surface area contributed by atoms with E-state index in [-0.39, 0.29) is 5.75 Å². The van der Waals surface area contributed by atoms with Gasteiger partial charge in [0.05, 0.1) is 19.5 Å². The maximum Gasteiger partial charge on any atom is 0.387 e. The van der Waals surface area contributed by atoms with E-state index in [2.05, 4.69) is 14.7 Å². The summed E-state index contributed by atoms with van der Waals surface area (Å²) in [5.74, 6) is -2.06. The van der Waals surface area contributed by atoms with Gasteiger partial charge < -0.3 is 9.47 Å². The number of carbonyl (C=O) groups is 1. The molecule has 1 heterocycles. The third kappa shape index (κ3) is 3.49. The molecular weight excluding hydrogens is 397 g/mol. The predicted molar refractivity (Wildman–Crippen MR) is 102 cm³/mol. The van der Waals surface area contributed by atoms with E-state index in [9.17, 15) is 13.6 Å². The number of carbonyl (C=O) groups excluding carboxylic acids is 1. The minimum absolute atomic E-state index is 0.144. The van der Waals surface area contributed by atoms with Crippen molar-refractivity contribution < 1.29 is 27.4 Å². The van der Waals surface area contributed by atoms with Crippen molar-refractivity contribution in [2.45, 2.75) is 24.1 Å². The minimum Gasteiger partial charge on any atom is -0.467 e. The number of benzene rings is 2. The van der Waals surface area contributed by atoms with E-state index < -0.39 is 30.1 Å². The van der Waals surface area contributed by atoms with Gasteiger partial charge in [0.15, 0.2) is 11.6 Å². The lowest BCUT2D eigenvalue weighted by molar-refractivity contribution is -0.148. The number of ether oxygens (including phenoxy) is 2. The van der Waals surface area contributed by atoms with E-state index >= 15 is 4.39 Å². The molecule has 0 bridgehead atoms. The summed E-state index contributed by atoms with van der Waals surface area (Å²) in [4.78, 5) is 20.2. The van der Waals surface area contributed by atoms with Crippen molar-refractivity contribution in [3.8, 4) is 17.1 Å². The third-order valence-corrected chi connectivity index (χ3v) is 5.17. The number of aromatic nitrogens is 2. The lowest BCUT2D eigenvalue weighted by Crippen LogP contribution is -2.22. The first-order chi connectivity index (χ1) is 14.4. The molecule has 0 aliphatic heterocycles. The van der Waals surface area contributed by atoms with Crippen molar-refractivity contribution in [3.63, 3.8) is 0 Å². The molecule has 1 aliphatic rings. The van der Waals surface area contributed by atoms with Crippen LogP contribution in [0.2, 0.25) is 0 Å². The largest absolute Gasteiger partial charge is 0.467 e. The molecule has 4 rings (SSSR count). The normalized spacial score (nSPS) is 22.6. The minimum atomic E-state index is -2.95. The smallest absolute Gasteiger partial charge is 0.387 e. The summed E-state index contributed by atoms with van der Waals surface area (Å²) in [5.41, 5.74) is -0.167. The van der Waals surface area contributed by atoms with E-state index in [0.717, 1.165) is 18.0 Å². The highest BCUT2D eigenvalue weighted by Gasteiger charge is 2.73. The van der Waals surface area contributed by atoms with Crippen LogP contribution in [0.5, 0.6) is 5.75 Å². The van der Waals surface area contributed by atoms with Crippen molar-refractivity contribution in [1.29, 1.82) is 0 Å². The van der Waals surface area contributed by atoms with E-state index in [1.807, 2.05) is 6.07 Å². The highest BCUT2D eigenvalue weighted by atomic mass is 19.3. The molecule has 1 aromatic heterocycles. The predicted octanol–water partition coefficient (Wildman–Crippen LogP) is 4.51. The lowest BCUT2D eigenvalue weighted by atomic mass is 10.0. The SMILES string of the molecule is COC(=O)C1(F)C(c2ccccc2)C1c1ccc(-c2ncc(OC(F)F)cn2)cc1. The van der Waals surface area contributed by atoms with Crippen molar-refractivity contribution in [2.75, 3.05) is 7.11 Å². The fourth-order valence-corrected chi connectivity index (χ4v) is 3.77. The Morgan fingerprint density at radius 1 is 0.967 bits per heavy atom. The summed E-state index contributed by atoms with van der Waals surface area (Å²) in [6, 6.07) is 15.8. The van der Waals surface area contributed by atoms with Gasteiger partial charge in [0.1, 0.15) is 0 Å². The lowest BCUT2D eigenvalue weighted by Gasteiger charge is -2.07. The molecule has 8 heteroatoms. The fourth-order valence-electron chi connectivity index (χ4n) is 3.77. The highest BCUT2D eigenvalue weighted by molar-refractivity contribution is 5.88. The number of hydrogen-bond acceptors (Lipinski definition) is 5. The first-order valence-corrected chi connectivity index (χ1v) is 9.14. The Balaban J connectivity index is 1.59. The first-order valence-electron chi connectivity index (χ1n) is 9.14. The van der Waals surface area contributed by atoms with Gasteiger partial charge in [0, 0.05) is 17.4 Å². The van der Waals surface area contributed by atoms with Crippen molar-refractivity contribution >= 4 is 5.97 Å². The summed E-state index contributed by atoms with van der Waals surface area (Å²) in [7, 11) is 1.17. The number of methoxy groups -OCH3 is 1. The zero-order valence-electron chi connectivity index (χ0n) is 15.8. The molecule has 1 aliphatic carbocycles. The summed E-state index contributed by atoms with van der Waals surface area (Å²) in [6.07, 6.45) is 2.30. The highest BCUT2D eigenvalue weighted by Crippen LogP contribution is 2.66. The fraction of sp³-hybridized carbons (Fsp3) is 0.227. The second kappa shape index (κ2) is 7.78. The van der Waals surface area contributed by atoms with Gasteiger partial charge in [-0.15, -0.1) is 0 Å². The molecule has 0 radical (unpaired) electrons. The Bertz CT molecular complexity index is 1030. The number of halogens is 3. The summed E-state index contributed by atoms with van der Waals surface area (Å²) in [5, 5.41) is 0. The van der Waals surface area contributed by atoms with Crippen LogP contribution in [0.15, 0.2) is 67.0 Å². The molecule has 2 aromatic carbocycles.